The number of ether oxygens (including phenoxy) is 6. The highest BCUT2D eigenvalue weighted by Crippen LogP contribution is 2.40. The number of nitrogens with one attached hydrogen (secondary N) is 2. The predicted octanol–water partition coefficient (Wildman–Crippen LogP) is 7.08. The number of nitrogens with two attached hydrogens (primary N) is 1. The van der Waals surface area contributed by atoms with Gasteiger partial charge in [0.25, 0.3) is 0 Å². The first-order valence-electron chi connectivity index (χ1n) is 26.5. The van der Waals surface area contributed by atoms with Crippen LogP contribution in [0.2, 0.25) is 20.1 Å². The van der Waals surface area contributed by atoms with E-state index >= 15 is 0 Å². The lowest BCUT2D eigenvalue weighted by Gasteiger charge is -2.33. The zero-order valence-electron chi connectivity index (χ0n) is 44.9. The molecule has 0 fully saturated rings. The zero-order chi connectivity index (χ0) is 56.8. The number of fused-ring (bicyclic) bond motifs is 2. The minimum atomic E-state index is -3.81. The van der Waals surface area contributed by atoms with Crippen LogP contribution in [0.1, 0.15) is 77.3 Å². The molecule has 0 saturated carbocycles. The molecule has 79 heavy (non-hydrogen) atoms. The highest BCUT2D eigenvalue weighted by molar-refractivity contribution is 7.89. The van der Waals surface area contributed by atoms with Crippen LogP contribution in [0.25, 0.3) is 0 Å². The van der Waals surface area contributed by atoms with E-state index in [1.807, 2.05) is 38.4 Å². The Morgan fingerprint density at radius 1 is 0.557 bits per heavy atom. The van der Waals surface area contributed by atoms with Crippen LogP contribution in [-0.4, -0.2) is 176 Å². The molecule has 0 unspecified atom stereocenters. The lowest BCUT2D eigenvalue weighted by molar-refractivity contribution is -0.133. The molecule has 2 atom stereocenters. The second-order valence-electron chi connectivity index (χ2n) is 19.4. The Bertz CT molecular complexity index is 2670. The summed E-state index contributed by atoms with van der Waals surface area (Å²) in [4.78, 5) is 30.6. The minimum Gasteiger partial charge on any atom is -0.378 e. The highest BCUT2D eigenvalue weighted by atomic mass is 35.5. The zero-order valence-corrected chi connectivity index (χ0v) is 49.6. The number of halogens is 4. The third kappa shape index (κ3) is 21.0. The monoisotopic (exact) mass is 1210 g/mol. The average molecular weight is 1220 g/mol. The Balaban J connectivity index is 0.801. The first-order valence-corrected chi connectivity index (χ1v) is 30.9. The van der Waals surface area contributed by atoms with E-state index in [-0.39, 0.29) is 106 Å². The molecule has 4 aromatic rings. The van der Waals surface area contributed by atoms with Crippen molar-refractivity contribution in [2.24, 2.45) is 5.73 Å². The van der Waals surface area contributed by atoms with Crippen molar-refractivity contribution >= 4 is 78.3 Å². The van der Waals surface area contributed by atoms with Crippen molar-refractivity contribution in [1.29, 1.82) is 0 Å². The van der Waals surface area contributed by atoms with Crippen molar-refractivity contribution in [3.05, 3.63) is 126 Å². The summed E-state index contributed by atoms with van der Waals surface area (Å²) in [5.41, 5.74) is 10.9. The van der Waals surface area contributed by atoms with E-state index in [1.54, 1.807) is 53.4 Å². The smallest absolute Gasteiger partial charge is 0.240 e. The van der Waals surface area contributed by atoms with E-state index in [0.29, 0.717) is 111 Å². The van der Waals surface area contributed by atoms with Gasteiger partial charge >= 0.3 is 0 Å². The van der Waals surface area contributed by atoms with Gasteiger partial charge in [-0.2, -0.15) is 0 Å². The van der Waals surface area contributed by atoms with E-state index in [9.17, 15) is 26.4 Å². The summed E-state index contributed by atoms with van der Waals surface area (Å²) in [6, 6.07) is 21.1. The summed E-state index contributed by atoms with van der Waals surface area (Å²) in [7, 11) is -3.62. The van der Waals surface area contributed by atoms with Crippen molar-refractivity contribution in [2.75, 3.05) is 133 Å². The van der Waals surface area contributed by atoms with Crippen LogP contribution in [0, 0.1) is 0 Å². The van der Waals surface area contributed by atoms with Gasteiger partial charge in [0.2, 0.25) is 31.9 Å². The lowest BCUT2D eigenvalue weighted by atomic mass is 9.85. The van der Waals surface area contributed by atoms with Crippen LogP contribution in [0.15, 0.2) is 82.6 Å². The largest absolute Gasteiger partial charge is 0.378 e. The molecule has 2 aliphatic rings. The third-order valence-electron chi connectivity index (χ3n) is 13.4. The maximum Gasteiger partial charge on any atom is 0.240 e. The second-order valence-corrected chi connectivity index (χ2v) is 24.7. The molecule has 24 heteroatoms. The molecule has 18 nitrogen and oxygen atoms in total. The fourth-order valence-corrected chi connectivity index (χ4v) is 12.7. The van der Waals surface area contributed by atoms with Crippen LogP contribution >= 0.6 is 46.4 Å². The van der Waals surface area contributed by atoms with E-state index in [2.05, 4.69) is 19.2 Å². The molecule has 6 rings (SSSR count). The number of hydrogen-bond acceptors (Lipinski definition) is 14. The summed E-state index contributed by atoms with van der Waals surface area (Å²) in [6.45, 7) is 6.67. The summed E-state index contributed by atoms with van der Waals surface area (Å²) in [5, 5.41) is 2.26. The van der Waals surface area contributed by atoms with E-state index in [1.165, 1.54) is 0 Å². The number of carbonyl (C=O) groups is 2. The van der Waals surface area contributed by atoms with Crippen molar-refractivity contribution in [3.8, 4) is 0 Å². The van der Waals surface area contributed by atoms with Gasteiger partial charge in [-0.1, -0.05) is 77.1 Å². The Labute approximate surface area is 485 Å². The highest BCUT2D eigenvalue weighted by Gasteiger charge is 2.30. The summed E-state index contributed by atoms with van der Waals surface area (Å²) < 4.78 is 92.2. The van der Waals surface area contributed by atoms with Gasteiger partial charge in [0.05, 0.1) is 89.1 Å². The van der Waals surface area contributed by atoms with Crippen molar-refractivity contribution in [2.45, 2.75) is 66.8 Å². The number of rotatable bonds is 36. The van der Waals surface area contributed by atoms with Crippen LogP contribution in [0.3, 0.4) is 0 Å². The van der Waals surface area contributed by atoms with Gasteiger partial charge in [0.15, 0.2) is 0 Å². The second kappa shape index (κ2) is 32.9. The maximum atomic E-state index is 13.2. The summed E-state index contributed by atoms with van der Waals surface area (Å²) in [5.74, 6) is -0.619. The normalized spacial score (nSPS) is 16.0. The molecule has 4 aromatic carbocycles. The number of likely N-dealkylation sites (N-methyl/N-ethyl adjacent to an activating group) is 2. The Morgan fingerprint density at radius 2 is 0.949 bits per heavy atom. The van der Waals surface area contributed by atoms with Crippen LogP contribution in [-0.2, 0) is 71.1 Å². The van der Waals surface area contributed by atoms with Crippen LogP contribution in [0.5, 0.6) is 0 Å². The SMILES string of the molecule is CN1Cc2c(Cl)cc(Cl)cc2[C@H](c2cccc(S(=O)(=O)NCCOCCOCCOCCN(CCOCCOCCOCCNS(=O)(=O)c3cccc([C@@H]4CN(C)Cc5c(Cl)cc(Cl)cc54)c3)C(=O)CCCCCC(N)=O)c2)C1. The number of benzene rings is 4. The maximum absolute atomic E-state index is 13.2. The van der Waals surface area contributed by atoms with E-state index in [0.717, 1.165) is 33.4 Å². The Kier molecular flexibility index (Phi) is 27.0. The number of amides is 2. The first-order chi connectivity index (χ1) is 37.9. The van der Waals surface area contributed by atoms with Crippen LogP contribution < -0.4 is 15.2 Å². The molecule has 436 valence electrons. The molecule has 2 amide bonds. The number of hydrogen-bond donors (Lipinski definition) is 3. The fourth-order valence-electron chi connectivity index (χ4n) is 9.43. The summed E-state index contributed by atoms with van der Waals surface area (Å²) >= 11 is 25.8. The predicted molar refractivity (Wildman–Crippen MR) is 306 cm³/mol. The van der Waals surface area contributed by atoms with Crippen molar-refractivity contribution < 1.29 is 54.8 Å². The van der Waals surface area contributed by atoms with E-state index in [4.69, 9.17) is 80.6 Å². The molecule has 2 heterocycles. The topological polar surface area (TPSA) is 218 Å². The third-order valence-corrected chi connectivity index (χ3v) is 17.4. The Hall–Kier alpha value is -3.52. The summed E-state index contributed by atoms with van der Waals surface area (Å²) in [6.07, 6.45) is 2.55. The van der Waals surface area contributed by atoms with Gasteiger partial charge < -0.3 is 48.9 Å². The van der Waals surface area contributed by atoms with Gasteiger partial charge in [-0.3, -0.25) is 9.59 Å². The molecule has 0 radical (unpaired) electrons. The lowest BCUT2D eigenvalue weighted by Crippen LogP contribution is -2.37. The molecule has 0 aliphatic carbocycles. The molecule has 0 spiro atoms. The average Bonchev–Trinajstić information content (AvgIpc) is 3.52. The standard InChI is InChI=1S/C55H74Cl4N6O12S2/c1-63-36-48(46-32-42(56)34-52(58)50(46)38-63)40-8-6-10-44(30-40)78(68,69)61-14-18-72-22-26-76-28-24-74-20-16-65(55(67)13-5-3-4-12-54(60)66)17-21-75-25-29-77-27-23-73-19-15-62-79(70,71)45-11-7-9-41(31-45)49-37-64(2)39-51-47(49)33-43(57)35-53(51)59/h6-11,30-35,48-49,61-62H,3-5,12-29,36-39H2,1-2H3,(H2,60,66)/t48-,49-/m0/s1. The molecule has 0 bridgehead atoms. The molecular weight excluding hydrogens is 1140 g/mol. The number of nitrogens with zero attached hydrogens (tertiary/aromatic N) is 3. The van der Waals surface area contributed by atoms with Gasteiger partial charge in [0, 0.05) is 97.1 Å². The van der Waals surface area contributed by atoms with Gasteiger partial charge in [0.1, 0.15) is 0 Å². The number of unbranched alkanes of at least 4 members (excludes halogenated alkanes) is 2. The number of primary amides is 1. The number of carbonyl (C=O) groups excluding carboxylic acids is 2. The molecular formula is C55H74Cl4N6O12S2. The molecule has 0 saturated heterocycles. The molecule has 4 N–H and O–H groups in total. The first kappa shape index (κ1) is 64.6. The Morgan fingerprint density at radius 3 is 1.37 bits per heavy atom. The van der Waals surface area contributed by atoms with Crippen LogP contribution in [0.4, 0.5) is 0 Å². The number of sulfonamides is 2. The molecule has 0 aromatic heterocycles. The van der Waals surface area contributed by atoms with Gasteiger partial charge in [-0.05, 0) is 109 Å². The fraction of sp³-hybridized carbons (Fsp3) is 0.527. The molecule has 2 aliphatic heterocycles. The van der Waals surface area contributed by atoms with E-state index < -0.39 is 20.0 Å². The quantitative estimate of drug-likeness (QED) is 0.0388. The minimum absolute atomic E-state index is 0.0510. The van der Waals surface area contributed by atoms with Gasteiger partial charge in [-0.15, -0.1) is 0 Å². The van der Waals surface area contributed by atoms with Crippen molar-refractivity contribution in [3.63, 3.8) is 0 Å². The van der Waals surface area contributed by atoms with Crippen molar-refractivity contribution in [1.82, 2.24) is 24.1 Å². The van der Waals surface area contributed by atoms with Gasteiger partial charge in [-0.25, -0.2) is 26.3 Å².